The van der Waals surface area contributed by atoms with Crippen molar-refractivity contribution < 1.29 is 14.3 Å². The van der Waals surface area contributed by atoms with Crippen molar-refractivity contribution in [2.45, 2.75) is 33.3 Å². The summed E-state index contributed by atoms with van der Waals surface area (Å²) in [4.78, 5) is 12.6. The molecule has 2 unspecified atom stereocenters. The maximum absolute atomic E-state index is 12.6. The van der Waals surface area contributed by atoms with Crippen LogP contribution in [0, 0.1) is 19.8 Å². The predicted molar refractivity (Wildman–Crippen MR) is 70.3 cm³/mol. The van der Waals surface area contributed by atoms with Crippen LogP contribution in [-0.2, 0) is 4.74 Å². The van der Waals surface area contributed by atoms with E-state index >= 15 is 0 Å². The number of hydrogen-bond acceptors (Lipinski definition) is 3. The lowest BCUT2D eigenvalue weighted by Crippen LogP contribution is -2.26. The zero-order valence-corrected chi connectivity index (χ0v) is 11.4. The molecule has 1 aliphatic heterocycles. The molecule has 0 aliphatic carbocycles. The van der Waals surface area contributed by atoms with E-state index in [0.29, 0.717) is 17.9 Å². The smallest absolute Gasteiger partial charge is 0.195 e. The fourth-order valence-corrected chi connectivity index (χ4v) is 2.58. The van der Waals surface area contributed by atoms with Gasteiger partial charge in [-0.3, -0.25) is 4.79 Å². The molecule has 0 radical (unpaired) electrons. The summed E-state index contributed by atoms with van der Waals surface area (Å²) in [6.07, 6.45) is 0.629. The van der Waals surface area contributed by atoms with Crippen LogP contribution >= 0.6 is 0 Å². The summed E-state index contributed by atoms with van der Waals surface area (Å²) in [5.74, 6) is 0.984. The average molecular weight is 248 g/mol. The molecule has 1 saturated heterocycles. The van der Waals surface area contributed by atoms with Gasteiger partial charge in [0.1, 0.15) is 11.9 Å². The van der Waals surface area contributed by atoms with Crippen LogP contribution in [-0.4, -0.2) is 25.6 Å². The monoisotopic (exact) mass is 248 g/mol. The highest BCUT2D eigenvalue weighted by Gasteiger charge is 2.33. The molecule has 1 aliphatic rings. The van der Waals surface area contributed by atoms with Gasteiger partial charge in [0.25, 0.3) is 0 Å². The minimum atomic E-state index is -0.319. The van der Waals surface area contributed by atoms with Gasteiger partial charge in [-0.15, -0.1) is 0 Å². The molecule has 0 saturated carbocycles. The molecule has 0 bridgehead atoms. The van der Waals surface area contributed by atoms with Crippen molar-refractivity contribution in [2.24, 2.45) is 5.92 Å². The normalized spacial score (nSPS) is 23.1. The van der Waals surface area contributed by atoms with E-state index in [2.05, 4.69) is 6.92 Å². The van der Waals surface area contributed by atoms with E-state index in [9.17, 15) is 4.79 Å². The molecule has 0 amide bonds. The van der Waals surface area contributed by atoms with Gasteiger partial charge >= 0.3 is 0 Å². The van der Waals surface area contributed by atoms with Crippen molar-refractivity contribution in [3.8, 4) is 5.75 Å². The Labute approximate surface area is 108 Å². The quantitative estimate of drug-likeness (QED) is 0.771. The SMILES string of the molecule is COc1cc(C)cc(C)c1C(=O)C1OCCC1C. The van der Waals surface area contributed by atoms with Gasteiger partial charge < -0.3 is 9.47 Å². The van der Waals surface area contributed by atoms with Crippen LogP contribution in [0.15, 0.2) is 12.1 Å². The predicted octanol–water partition coefficient (Wildman–Crippen LogP) is 2.92. The second kappa shape index (κ2) is 5.11. The maximum atomic E-state index is 12.6. The van der Waals surface area contributed by atoms with Gasteiger partial charge in [0.2, 0.25) is 0 Å². The Morgan fingerprint density at radius 1 is 1.39 bits per heavy atom. The number of benzene rings is 1. The van der Waals surface area contributed by atoms with Gasteiger partial charge in [0, 0.05) is 6.61 Å². The van der Waals surface area contributed by atoms with E-state index in [0.717, 1.165) is 17.5 Å². The summed E-state index contributed by atoms with van der Waals surface area (Å²) in [5.41, 5.74) is 2.72. The number of Topliss-reactive ketones (excluding diaryl/α,β-unsaturated/α-hetero) is 1. The van der Waals surface area contributed by atoms with Crippen LogP contribution in [0.25, 0.3) is 0 Å². The molecule has 1 fully saturated rings. The zero-order valence-electron chi connectivity index (χ0n) is 11.4. The topological polar surface area (TPSA) is 35.5 Å². The highest BCUT2D eigenvalue weighted by molar-refractivity contribution is 6.03. The van der Waals surface area contributed by atoms with Gasteiger partial charge in [0.05, 0.1) is 12.7 Å². The average Bonchev–Trinajstić information content (AvgIpc) is 2.73. The van der Waals surface area contributed by atoms with E-state index in [-0.39, 0.29) is 17.8 Å². The Bertz CT molecular complexity index is 465. The maximum Gasteiger partial charge on any atom is 0.195 e. The summed E-state index contributed by atoms with van der Waals surface area (Å²) in [6, 6.07) is 3.91. The van der Waals surface area contributed by atoms with Crippen molar-refractivity contribution in [3.05, 3.63) is 28.8 Å². The number of rotatable bonds is 3. The Morgan fingerprint density at radius 3 is 2.67 bits per heavy atom. The van der Waals surface area contributed by atoms with Crippen LogP contribution < -0.4 is 4.74 Å². The lowest BCUT2D eigenvalue weighted by atomic mass is 9.92. The van der Waals surface area contributed by atoms with E-state index in [1.165, 1.54) is 0 Å². The van der Waals surface area contributed by atoms with Crippen molar-refractivity contribution in [2.75, 3.05) is 13.7 Å². The van der Waals surface area contributed by atoms with Crippen molar-refractivity contribution in [1.29, 1.82) is 0 Å². The molecule has 0 spiro atoms. The molecule has 1 heterocycles. The standard InChI is InChI=1S/C15H20O3/c1-9-7-11(3)13(12(8-9)17-4)14(16)15-10(2)5-6-18-15/h7-8,10,15H,5-6H2,1-4H3. The van der Waals surface area contributed by atoms with Gasteiger partial charge in [0.15, 0.2) is 5.78 Å². The molecule has 3 nitrogen and oxygen atoms in total. The van der Waals surface area contributed by atoms with Crippen molar-refractivity contribution in [1.82, 2.24) is 0 Å². The summed E-state index contributed by atoms with van der Waals surface area (Å²) in [5, 5.41) is 0. The molecular formula is C15H20O3. The third-order valence-electron chi connectivity index (χ3n) is 3.56. The second-order valence-corrected chi connectivity index (χ2v) is 5.08. The number of carbonyl (C=O) groups is 1. The Kier molecular flexibility index (Phi) is 3.71. The largest absolute Gasteiger partial charge is 0.496 e. The molecule has 0 aromatic heterocycles. The van der Waals surface area contributed by atoms with Gasteiger partial charge in [-0.1, -0.05) is 13.0 Å². The zero-order chi connectivity index (χ0) is 13.3. The number of carbonyl (C=O) groups excluding carboxylic acids is 1. The van der Waals surface area contributed by atoms with Gasteiger partial charge in [-0.25, -0.2) is 0 Å². The van der Waals surface area contributed by atoms with Crippen molar-refractivity contribution >= 4 is 5.78 Å². The number of ether oxygens (including phenoxy) is 2. The first-order valence-corrected chi connectivity index (χ1v) is 6.35. The fourth-order valence-electron chi connectivity index (χ4n) is 2.58. The molecule has 0 N–H and O–H groups in total. The van der Waals surface area contributed by atoms with E-state index in [4.69, 9.17) is 9.47 Å². The lowest BCUT2D eigenvalue weighted by Gasteiger charge is -2.17. The number of hydrogen-bond donors (Lipinski definition) is 0. The number of methoxy groups -OCH3 is 1. The third-order valence-corrected chi connectivity index (χ3v) is 3.56. The number of ketones is 1. The van der Waals surface area contributed by atoms with Crippen LogP contribution in [0.1, 0.15) is 34.8 Å². The Hall–Kier alpha value is -1.35. The third kappa shape index (κ3) is 2.27. The minimum absolute atomic E-state index is 0.0503. The highest BCUT2D eigenvalue weighted by Crippen LogP contribution is 2.30. The van der Waals surface area contributed by atoms with E-state index < -0.39 is 0 Å². The Morgan fingerprint density at radius 2 is 2.11 bits per heavy atom. The first-order chi connectivity index (χ1) is 8.54. The second-order valence-electron chi connectivity index (χ2n) is 5.08. The minimum Gasteiger partial charge on any atom is -0.496 e. The fraction of sp³-hybridized carbons (Fsp3) is 0.533. The first-order valence-electron chi connectivity index (χ1n) is 6.35. The van der Waals surface area contributed by atoms with Gasteiger partial charge in [-0.05, 0) is 43.4 Å². The molecule has 2 rings (SSSR count). The van der Waals surface area contributed by atoms with Crippen LogP contribution in [0.2, 0.25) is 0 Å². The summed E-state index contributed by atoms with van der Waals surface area (Å²) >= 11 is 0. The first kappa shape index (κ1) is 13.1. The van der Waals surface area contributed by atoms with E-state index in [1.54, 1.807) is 7.11 Å². The van der Waals surface area contributed by atoms with Crippen LogP contribution in [0.4, 0.5) is 0 Å². The molecule has 3 heteroatoms. The molecule has 18 heavy (non-hydrogen) atoms. The molecule has 98 valence electrons. The molecule has 2 atom stereocenters. The van der Waals surface area contributed by atoms with E-state index in [1.807, 2.05) is 26.0 Å². The lowest BCUT2D eigenvalue weighted by molar-refractivity contribution is 0.0576. The van der Waals surface area contributed by atoms with Crippen LogP contribution in [0.5, 0.6) is 5.75 Å². The van der Waals surface area contributed by atoms with Crippen molar-refractivity contribution in [3.63, 3.8) is 0 Å². The molecule has 1 aromatic carbocycles. The Balaban J connectivity index is 2.41. The molecule has 1 aromatic rings. The summed E-state index contributed by atoms with van der Waals surface area (Å²) < 4.78 is 10.9. The number of aryl methyl sites for hydroxylation is 2. The summed E-state index contributed by atoms with van der Waals surface area (Å²) in [7, 11) is 1.60. The summed E-state index contributed by atoms with van der Waals surface area (Å²) in [6.45, 7) is 6.68. The molecular weight excluding hydrogens is 228 g/mol. The van der Waals surface area contributed by atoms with Crippen LogP contribution in [0.3, 0.4) is 0 Å². The highest BCUT2D eigenvalue weighted by atomic mass is 16.5. The van der Waals surface area contributed by atoms with Gasteiger partial charge in [-0.2, -0.15) is 0 Å².